The number of aromatic nitrogens is 6. The molecule has 0 saturated carbocycles. The zero-order valence-corrected chi connectivity index (χ0v) is 29.9. The fourth-order valence-electron chi connectivity index (χ4n) is 7.88. The molecule has 0 aliphatic rings. The van der Waals surface area contributed by atoms with Crippen molar-refractivity contribution in [1.29, 1.82) is 0 Å². The highest BCUT2D eigenvalue weighted by atomic mass is 16.5. The maximum absolute atomic E-state index is 10.6. The van der Waals surface area contributed by atoms with Crippen molar-refractivity contribution in [1.82, 2.24) is 30.3 Å². The number of fused-ring (bicyclic) bond motifs is 2. The van der Waals surface area contributed by atoms with Gasteiger partial charge in [-0.15, -0.1) is 20.4 Å². The van der Waals surface area contributed by atoms with E-state index in [0.717, 1.165) is 71.9 Å². The van der Waals surface area contributed by atoms with Gasteiger partial charge >= 0.3 is 0 Å². The van der Waals surface area contributed by atoms with Crippen LogP contribution in [0, 0.1) is 0 Å². The van der Waals surface area contributed by atoms with E-state index in [1.54, 1.807) is 0 Å². The molecule has 2 N–H and O–H groups in total. The first-order valence-corrected chi connectivity index (χ1v) is 17.9. The molecular formula is C41H50N6O2. The highest BCUT2D eigenvalue weighted by molar-refractivity contribution is 5.97. The number of benzene rings is 4. The molecule has 8 nitrogen and oxygen atoms in total. The third-order valence-corrected chi connectivity index (χ3v) is 10.2. The Balaban J connectivity index is 1.67. The van der Waals surface area contributed by atoms with Gasteiger partial charge in [-0.1, -0.05) is 141 Å². The smallest absolute Gasteiger partial charge is 0.125 e. The Morgan fingerprint density at radius 2 is 0.939 bits per heavy atom. The van der Waals surface area contributed by atoms with Crippen LogP contribution < -0.4 is 0 Å². The van der Waals surface area contributed by atoms with Crippen molar-refractivity contribution in [2.75, 3.05) is 0 Å². The molecule has 6 rings (SSSR count). The Morgan fingerprint density at radius 1 is 0.551 bits per heavy atom. The summed E-state index contributed by atoms with van der Waals surface area (Å²) in [5.74, 6) is 0. The Morgan fingerprint density at radius 3 is 1.31 bits per heavy atom. The largest absolute Gasteiger partial charge is 0.396 e. The van der Waals surface area contributed by atoms with Crippen LogP contribution in [0.5, 0.6) is 0 Å². The zero-order valence-electron chi connectivity index (χ0n) is 29.9. The lowest BCUT2D eigenvalue weighted by Crippen LogP contribution is -2.23. The summed E-state index contributed by atoms with van der Waals surface area (Å²) in [7, 11) is 0. The van der Waals surface area contributed by atoms with Gasteiger partial charge in [0.25, 0.3) is 0 Å². The van der Waals surface area contributed by atoms with E-state index in [9.17, 15) is 10.4 Å². The Labute approximate surface area is 289 Å². The van der Waals surface area contributed by atoms with Crippen LogP contribution >= 0.6 is 0 Å². The maximum atomic E-state index is 10.6. The van der Waals surface area contributed by atoms with Crippen LogP contribution in [0.1, 0.15) is 115 Å². The van der Waals surface area contributed by atoms with Crippen molar-refractivity contribution in [3.63, 3.8) is 0 Å². The van der Waals surface area contributed by atoms with Gasteiger partial charge in [-0.3, -0.25) is 0 Å². The fourth-order valence-corrected chi connectivity index (χ4v) is 7.88. The molecular weight excluding hydrogens is 608 g/mol. The molecule has 0 bridgehead atoms. The number of rotatable bonds is 14. The molecule has 0 atom stereocenters. The summed E-state index contributed by atoms with van der Waals surface area (Å²) in [6.07, 6.45) is 9.48. The van der Waals surface area contributed by atoms with Gasteiger partial charge in [0, 0.05) is 11.1 Å². The standard InChI is InChI=1S/C41H50N6O2/c1-7-9-17-23-40(3,4)36-30(26-32-38(44-46(48)42-32)34(36)28-19-13-11-14-20-28)25-31-27-33-39(45-47(49)43-33)35(29-21-15-12-16-22-29)37(31)41(5,6)24-18-10-8-2/h11-16,19-22,26-27,48-49H,7-10,17-18,23-25H2,1-6H3. The Hall–Kier alpha value is -4.72. The average molecular weight is 659 g/mol. The van der Waals surface area contributed by atoms with Crippen LogP contribution in [0.25, 0.3) is 44.3 Å². The third-order valence-electron chi connectivity index (χ3n) is 10.2. The van der Waals surface area contributed by atoms with E-state index in [1.807, 2.05) is 12.1 Å². The third kappa shape index (κ3) is 6.91. The zero-order chi connectivity index (χ0) is 34.8. The molecule has 4 aromatic carbocycles. The molecule has 0 fully saturated rings. The van der Waals surface area contributed by atoms with Gasteiger partial charge in [-0.05, 0) is 85.5 Å². The van der Waals surface area contributed by atoms with Gasteiger partial charge in [0.1, 0.15) is 22.1 Å². The molecule has 256 valence electrons. The SMILES string of the molecule is CCCCCC(C)(C)c1c(Cc2cc3nn(O)nc3c(-c3ccccc3)c2C(C)(C)CCCCC)cc2nn(O)nc2c1-c1ccccc1. The molecule has 0 unspecified atom stereocenters. The lowest BCUT2D eigenvalue weighted by atomic mass is 9.70. The van der Waals surface area contributed by atoms with Crippen molar-refractivity contribution in [2.24, 2.45) is 0 Å². The van der Waals surface area contributed by atoms with Gasteiger partial charge in [0.05, 0.1) is 0 Å². The van der Waals surface area contributed by atoms with E-state index in [2.05, 4.69) is 123 Å². The van der Waals surface area contributed by atoms with Gasteiger partial charge in [0.15, 0.2) is 0 Å². The fraction of sp³-hybridized carbons (Fsp3) is 0.415. The molecule has 0 saturated heterocycles. The molecule has 2 aromatic heterocycles. The van der Waals surface area contributed by atoms with Crippen LogP contribution in [0.2, 0.25) is 0 Å². The first-order valence-electron chi connectivity index (χ1n) is 17.9. The second-order valence-corrected chi connectivity index (χ2v) is 14.8. The van der Waals surface area contributed by atoms with Crippen molar-refractivity contribution >= 4 is 22.1 Å². The first kappa shape index (κ1) is 34.2. The van der Waals surface area contributed by atoms with E-state index >= 15 is 0 Å². The van der Waals surface area contributed by atoms with E-state index in [1.165, 1.54) is 24.0 Å². The molecule has 0 amide bonds. The molecule has 2 heterocycles. The predicted octanol–water partition coefficient (Wildman–Crippen LogP) is 10.3. The molecule has 49 heavy (non-hydrogen) atoms. The monoisotopic (exact) mass is 658 g/mol. The molecule has 8 heteroatoms. The van der Waals surface area contributed by atoms with Gasteiger partial charge < -0.3 is 10.4 Å². The summed E-state index contributed by atoms with van der Waals surface area (Å²) in [6.45, 7) is 13.9. The van der Waals surface area contributed by atoms with E-state index < -0.39 is 0 Å². The first-order chi connectivity index (χ1) is 23.5. The summed E-state index contributed by atoms with van der Waals surface area (Å²) < 4.78 is 0. The number of hydrogen-bond donors (Lipinski definition) is 2. The maximum Gasteiger partial charge on any atom is 0.125 e. The highest BCUT2D eigenvalue weighted by Crippen LogP contribution is 2.46. The van der Waals surface area contributed by atoms with Crippen LogP contribution in [-0.2, 0) is 17.3 Å². The number of hydrogen-bond acceptors (Lipinski definition) is 6. The number of nitrogens with zero attached hydrogens (tertiary/aromatic N) is 6. The second kappa shape index (κ2) is 14.0. The van der Waals surface area contributed by atoms with E-state index in [4.69, 9.17) is 0 Å². The molecule has 0 radical (unpaired) electrons. The minimum Gasteiger partial charge on any atom is -0.396 e. The van der Waals surface area contributed by atoms with Gasteiger partial charge in [0.2, 0.25) is 0 Å². The predicted molar refractivity (Wildman–Crippen MR) is 197 cm³/mol. The van der Waals surface area contributed by atoms with Crippen molar-refractivity contribution in [3.05, 3.63) is 95.1 Å². The van der Waals surface area contributed by atoms with Gasteiger partial charge in [-0.2, -0.15) is 0 Å². The summed E-state index contributed by atoms with van der Waals surface area (Å²) in [6, 6.07) is 25.0. The molecule has 0 aliphatic heterocycles. The lowest BCUT2D eigenvalue weighted by molar-refractivity contribution is 0.113. The summed E-state index contributed by atoms with van der Waals surface area (Å²) in [4.78, 5) is 1.41. The molecule has 6 aromatic rings. The summed E-state index contributed by atoms with van der Waals surface area (Å²) in [5, 5.41) is 39.0. The normalized spacial score (nSPS) is 12.4. The highest BCUT2D eigenvalue weighted by Gasteiger charge is 2.34. The van der Waals surface area contributed by atoms with E-state index in [0.29, 0.717) is 38.4 Å². The minimum atomic E-state index is -0.208. The Bertz CT molecular complexity index is 1900. The average Bonchev–Trinajstić information content (AvgIpc) is 3.64. The van der Waals surface area contributed by atoms with Crippen LogP contribution in [-0.4, -0.2) is 40.7 Å². The molecule has 0 aliphatic carbocycles. The second-order valence-electron chi connectivity index (χ2n) is 14.8. The summed E-state index contributed by atoms with van der Waals surface area (Å²) >= 11 is 0. The Kier molecular flexibility index (Phi) is 9.77. The van der Waals surface area contributed by atoms with Crippen molar-refractivity contribution < 1.29 is 10.4 Å². The van der Waals surface area contributed by atoms with Crippen LogP contribution in [0.3, 0.4) is 0 Å². The topological polar surface area (TPSA) is 102 Å². The molecule has 0 spiro atoms. The van der Waals surface area contributed by atoms with Crippen molar-refractivity contribution in [2.45, 2.75) is 110 Å². The number of unbranched alkanes of at least 4 members (excludes halogenated alkanes) is 4. The van der Waals surface area contributed by atoms with Crippen LogP contribution in [0.4, 0.5) is 0 Å². The van der Waals surface area contributed by atoms with Crippen molar-refractivity contribution in [3.8, 4) is 22.3 Å². The summed E-state index contributed by atoms with van der Waals surface area (Å²) in [5.41, 5.74) is 11.2. The van der Waals surface area contributed by atoms with Crippen LogP contribution in [0.15, 0.2) is 72.8 Å². The quantitative estimate of drug-likeness (QED) is 0.0892. The lowest BCUT2D eigenvalue weighted by Gasteiger charge is -2.33. The minimum absolute atomic E-state index is 0.208. The van der Waals surface area contributed by atoms with E-state index in [-0.39, 0.29) is 10.8 Å². The van der Waals surface area contributed by atoms with Gasteiger partial charge in [-0.25, -0.2) is 0 Å².